The van der Waals surface area contributed by atoms with Gasteiger partial charge in [0.15, 0.2) is 0 Å². The Morgan fingerprint density at radius 3 is 2.47 bits per heavy atom. The molecule has 1 amide bonds. The molecular weight excluding hydrogens is 256 g/mol. The second kappa shape index (κ2) is 6.95. The van der Waals surface area contributed by atoms with Crippen molar-refractivity contribution in [3.05, 3.63) is 66.0 Å². The van der Waals surface area contributed by atoms with Crippen LogP contribution >= 0.6 is 12.6 Å². The summed E-state index contributed by atoms with van der Waals surface area (Å²) in [5, 5.41) is 2.99. The number of benzene rings is 1. The van der Waals surface area contributed by atoms with Gasteiger partial charge in [0.1, 0.15) is 0 Å². The molecule has 1 heterocycles. The number of pyridine rings is 1. The van der Waals surface area contributed by atoms with Crippen LogP contribution in [-0.4, -0.2) is 22.7 Å². The van der Waals surface area contributed by atoms with Crippen molar-refractivity contribution in [2.45, 2.75) is 12.5 Å². The Bertz CT molecular complexity index is 516. The largest absolute Gasteiger partial charge is 0.348 e. The van der Waals surface area contributed by atoms with Crippen molar-refractivity contribution in [2.24, 2.45) is 0 Å². The number of amides is 1. The molecule has 0 aliphatic carbocycles. The average Bonchev–Trinajstić information content (AvgIpc) is 2.48. The van der Waals surface area contributed by atoms with E-state index in [0.717, 1.165) is 6.42 Å². The summed E-state index contributed by atoms with van der Waals surface area (Å²) < 4.78 is 0. The highest BCUT2D eigenvalue weighted by molar-refractivity contribution is 7.80. The van der Waals surface area contributed by atoms with Gasteiger partial charge in [-0.15, -0.1) is 0 Å². The van der Waals surface area contributed by atoms with Crippen LogP contribution in [0.15, 0.2) is 54.9 Å². The summed E-state index contributed by atoms with van der Waals surface area (Å²) in [6.45, 7) is 0. The van der Waals surface area contributed by atoms with Crippen LogP contribution in [0.2, 0.25) is 0 Å². The van der Waals surface area contributed by atoms with Gasteiger partial charge in [-0.25, -0.2) is 0 Å². The molecule has 1 aromatic carbocycles. The SMILES string of the molecule is O=C(N[C@@H](CS)Cc1ccccc1)c1ccncc1. The molecule has 0 unspecified atom stereocenters. The summed E-state index contributed by atoms with van der Waals surface area (Å²) in [7, 11) is 0. The molecule has 0 aliphatic heterocycles. The summed E-state index contributed by atoms with van der Waals surface area (Å²) >= 11 is 4.31. The van der Waals surface area contributed by atoms with Gasteiger partial charge >= 0.3 is 0 Å². The van der Waals surface area contributed by atoms with E-state index < -0.39 is 0 Å². The molecule has 1 atom stereocenters. The van der Waals surface area contributed by atoms with Gasteiger partial charge in [0.05, 0.1) is 0 Å². The minimum atomic E-state index is -0.0858. The Balaban J connectivity index is 1.98. The molecule has 1 aromatic heterocycles. The van der Waals surface area contributed by atoms with Crippen LogP contribution in [0.3, 0.4) is 0 Å². The maximum absolute atomic E-state index is 12.0. The Morgan fingerprint density at radius 1 is 1.16 bits per heavy atom. The van der Waals surface area contributed by atoms with Crippen molar-refractivity contribution < 1.29 is 4.79 Å². The topological polar surface area (TPSA) is 42.0 Å². The van der Waals surface area contributed by atoms with E-state index in [1.807, 2.05) is 18.2 Å². The number of carbonyl (C=O) groups excluding carboxylic acids is 1. The van der Waals surface area contributed by atoms with Crippen molar-refractivity contribution in [2.75, 3.05) is 5.75 Å². The first-order valence-electron chi connectivity index (χ1n) is 6.15. The zero-order valence-corrected chi connectivity index (χ0v) is 11.4. The number of rotatable bonds is 5. The van der Waals surface area contributed by atoms with E-state index in [0.29, 0.717) is 11.3 Å². The summed E-state index contributed by atoms with van der Waals surface area (Å²) in [6, 6.07) is 13.5. The molecule has 0 saturated heterocycles. The molecule has 0 bridgehead atoms. The maximum atomic E-state index is 12.0. The van der Waals surface area contributed by atoms with Gasteiger partial charge in [0.25, 0.3) is 5.91 Å². The van der Waals surface area contributed by atoms with Crippen LogP contribution < -0.4 is 5.32 Å². The van der Waals surface area contributed by atoms with Gasteiger partial charge in [0, 0.05) is 29.8 Å². The number of nitrogens with one attached hydrogen (secondary N) is 1. The predicted octanol–water partition coefficient (Wildman–Crippen LogP) is 2.35. The van der Waals surface area contributed by atoms with Crippen molar-refractivity contribution in [1.82, 2.24) is 10.3 Å². The number of hydrogen-bond donors (Lipinski definition) is 2. The fraction of sp³-hybridized carbons (Fsp3) is 0.200. The average molecular weight is 272 g/mol. The fourth-order valence-electron chi connectivity index (χ4n) is 1.83. The number of hydrogen-bond acceptors (Lipinski definition) is 3. The molecule has 2 rings (SSSR count). The van der Waals surface area contributed by atoms with E-state index >= 15 is 0 Å². The Kier molecular flexibility index (Phi) is 4.98. The highest BCUT2D eigenvalue weighted by Crippen LogP contribution is 2.05. The second-order valence-electron chi connectivity index (χ2n) is 4.28. The third-order valence-corrected chi connectivity index (χ3v) is 3.26. The van der Waals surface area contributed by atoms with E-state index in [2.05, 4.69) is 35.1 Å². The first-order chi connectivity index (χ1) is 9.29. The third kappa shape index (κ3) is 4.10. The number of nitrogens with zero attached hydrogens (tertiary/aromatic N) is 1. The molecule has 0 radical (unpaired) electrons. The highest BCUT2D eigenvalue weighted by Gasteiger charge is 2.12. The zero-order valence-electron chi connectivity index (χ0n) is 10.5. The molecule has 2 aromatic rings. The van der Waals surface area contributed by atoms with E-state index in [1.165, 1.54) is 5.56 Å². The summed E-state index contributed by atoms with van der Waals surface area (Å²) in [5.41, 5.74) is 1.81. The van der Waals surface area contributed by atoms with E-state index in [-0.39, 0.29) is 11.9 Å². The highest BCUT2D eigenvalue weighted by atomic mass is 32.1. The van der Waals surface area contributed by atoms with Crippen LogP contribution in [0, 0.1) is 0 Å². The maximum Gasteiger partial charge on any atom is 0.251 e. The molecule has 0 fully saturated rings. The third-order valence-electron chi connectivity index (χ3n) is 2.82. The quantitative estimate of drug-likeness (QED) is 0.820. The lowest BCUT2D eigenvalue weighted by molar-refractivity contribution is 0.0941. The lowest BCUT2D eigenvalue weighted by Gasteiger charge is -2.16. The lowest BCUT2D eigenvalue weighted by Crippen LogP contribution is -2.37. The van der Waals surface area contributed by atoms with Crippen LogP contribution in [0.5, 0.6) is 0 Å². The smallest absolute Gasteiger partial charge is 0.251 e. The van der Waals surface area contributed by atoms with Crippen LogP contribution in [0.1, 0.15) is 15.9 Å². The summed E-state index contributed by atoms with van der Waals surface area (Å²) in [5.74, 6) is 0.517. The summed E-state index contributed by atoms with van der Waals surface area (Å²) in [6.07, 6.45) is 4.00. The number of thiol groups is 1. The molecule has 3 nitrogen and oxygen atoms in total. The van der Waals surface area contributed by atoms with Gasteiger partial charge in [-0.05, 0) is 24.1 Å². The van der Waals surface area contributed by atoms with Gasteiger partial charge < -0.3 is 5.32 Å². The molecule has 1 N–H and O–H groups in total. The Labute approximate surface area is 118 Å². The van der Waals surface area contributed by atoms with E-state index in [1.54, 1.807) is 24.5 Å². The van der Waals surface area contributed by atoms with E-state index in [4.69, 9.17) is 0 Å². The fourth-order valence-corrected chi connectivity index (χ4v) is 2.05. The molecule has 0 aliphatic rings. The van der Waals surface area contributed by atoms with Crippen LogP contribution in [-0.2, 0) is 6.42 Å². The number of carbonyl (C=O) groups is 1. The van der Waals surface area contributed by atoms with Gasteiger partial charge in [-0.1, -0.05) is 30.3 Å². The lowest BCUT2D eigenvalue weighted by atomic mass is 10.1. The van der Waals surface area contributed by atoms with Gasteiger partial charge in [-0.3, -0.25) is 9.78 Å². The van der Waals surface area contributed by atoms with Crippen LogP contribution in [0.4, 0.5) is 0 Å². The molecule has 4 heteroatoms. The van der Waals surface area contributed by atoms with Crippen LogP contribution in [0.25, 0.3) is 0 Å². The van der Waals surface area contributed by atoms with Crippen molar-refractivity contribution in [1.29, 1.82) is 0 Å². The first kappa shape index (κ1) is 13.6. The molecule has 0 saturated carbocycles. The molecule has 98 valence electrons. The normalized spacial score (nSPS) is 11.8. The minimum absolute atomic E-state index is 0.0198. The predicted molar refractivity (Wildman–Crippen MR) is 79.5 cm³/mol. The van der Waals surface area contributed by atoms with Gasteiger partial charge in [-0.2, -0.15) is 12.6 Å². The molecule has 19 heavy (non-hydrogen) atoms. The Morgan fingerprint density at radius 2 is 1.84 bits per heavy atom. The van der Waals surface area contributed by atoms with Gasteiger partial charge in [0.2, 0.25) is 0 Å². The Hall–Kier alpha value is -1.81. The van der Waals surface area contributed by atoms with Crippen molar-refractivity contribution >= 4 is 18.5 Å². The zero-order chi connectivity index (χ0) is 13.5. The first-order valence-corrected chi connectivity index (χ1v) is 6.78. The summed E-state index contributed by atoms with van der Waals surface area (Å²) in [4.78, 5) is 15.9. The monoisotopic (exact) mass is 272 g/mol. The number of aromatic nitrogens is 1. The molecular formula is C15H16N2OS. The molecule has 0 spiro atoms. The minimum Gasteiger partial charge on any atom is -0.348 e. The van der Waals surface area contributed by atoms with Crippen molar-refractivity contribution in [3.63, 3.8) is 0 Å². The van der Waals surface area contributed by atoms with E-state index in [9.17, 15) is 4.79 Å². The standard InChI is InChI=1S/C15H16N2OS/c18-15(13-6-8-16-9-7-13)17-14(11-19)10-12-4-2-1-3-5-12/h1-9,14,19H,10-11H2,(H,17,18)/t14-/m1/s1. The second-order valence-corrected chi connectivity index (χ2v) is 4.64. The van der Waals surface area contributed by atoms with Crippen molar-refractivity contribution in [3.8, 4) is 0 Å².